The van der Waals surface area contributed by atoms with E-state index >= 15 is 0 Å². The molecule has 0 radical (unpaired) electrons. The first kappa shape index (κ1) is 10.6. The van der Waals surface area contributed by atoms with Gasteiger partial charge < -0.3 is 9.64 Å². The highest BCUT2D eigenvalue weighted by molar-refractivity contribution is 5.08. The lowest BCUT2D eigenvalue weighted by molar-refractivity contribution is 0.108. The highest BCUT2D eigenvalue weighted by atomic mass is 16.5. The Labute approximate surface area is 91.1 Å². The zero-order valence-corrected chi connectivity index (χ0v) is 9.22. The zero-order chi connectivity index (χ0) is 10.5. The molecule has 0 bridgehead atoms. The molecule has 0 saturated carbocycles. The molecule has 0 spiro atoms. The van der Waals surface area contributed by atoms with E-state index in [9.17, 15) is 0 Å². The van der Waals surface area contributed by atoms with Crippen LogP contribution < -0.4 is 0 Å². The summed E-state index contributed by atoms with van der Waals surface area (Å²) in [5, 5.41) is 0. The van der Waals surface area contributed by atoms with Crippen molar-refractivity contribution in [3.05, 3.63) is 30.1 Å². The molecule has 0 N–H and O–H groups in total. The Bertz CT molecular complexity index is 289. The summed E-state index contributed by atoms with van der Waals surface area (Å²) in [4.78, 5) is 6.58. The molecule has 2 rings (SSSR count). The number of nitrogens with zero attached hydrogens (tertiary/aromatic N) is 2. The van der Waals surface area contributed by atoms with Gasteiger partial charge in [-0.25, -0.2) is 0 Å². The van der Waals surface area contributed by atoms with Gasteiger partial charge in [-0.1, -0.05) is 6.07 Å². The van der Waals surface area contributed by atoms with Crippen LogP contribution in [0.25, 0.3) is 0 Å². The maximum Gasteiger partial charge on any atom is 0.0710 e. The van der Waals surface area contributed by atoms with Crippen LogP contribution in [0.4, 0.5) is 0 Å². The number of rotatable bonds is 4. The quantitative estimate of drug-likeness (QED) is 0.743. The molecule has 0 amide bonds. The Morgan fingerprint density at radius 1 is 1.60 bits per heavy atom. The monoisotopic (exact) mass is 206 g/mol. The van der Waals surface area contributed by atoms with E-state index in [1.165, 1.54) is 18.5 Å². The molecule has 1 aliphatic heterocycles. The summed E-state index contributed by atoms with van der Waals surface area (Å²) in [6.45, 7) is 3.36. The minimum Gasteiger partial charge on any atom is -0.380 e. The van der Waals surface area contributed by atoms with Crippen LogP contribution in [0.3, 0.4) is 0 Å². The van der Waals surface area contributed by atoms with Gasteiger partial charge in [0.15, 0.2) is 0 Å². The third-order valence-corrected chi connectivity index (χ3v) is 3.00. The molecule has 1 atom stereocenters. The molecule has 1 aromatic heterocycles. The molecule has 1 fully saturated rings. The molecule has 15 heavy (non-hydrogen) atoms. The highest BCUT2D eigenvalue weighted by Crippen LogP contribution is 2.12. The second kappa shape index (κ2) is 5.24. The van der Waals surface area contributed by atoms with Gasteiger partial charge in [-0.3, -0.25) is 4.98 Å². The number of pyridine rings is 1. The summed E-state index contributed by atoms with van der Waals surface area (Å²) in [6.07, 6.45) is 6.47. The smallest absolute Gasteiger partial charge is 0.0710 e. The predicted molar refractivity (Wildman–Crippen MR) is 59.8 cm³/mol. The maximum atomic E-state index is 5.34. The summed E-state index contributed by atoms with van der Waals surface area (Å²) in [7, 11) is 1.80. The number of hydrogen-bond donors (Lipinski definition) is 0. The molecule has 1 aromatic rings. The SMILES string of the molecule is COC1CCN(CCc2cccnc2)C1. The maximum absolute atomic E-state index is 5.34. The number of methoxy groups -OCH3 is 1. The zero-order valence-electron chi connectivity index (χ0n) is 9.22. The summed E-state index contributed by atoms with van der Waals surface area (Å²) in [5.74, 6) is 0. The van der Waals surface area contributed by atoms with Crippen molar-refractivity contribution in [2.24, 2.45) is 0 Å². The standard InChI is InChI=1S/C12H18N2O/c1-15-12-5-8-14(10-12)7-4-11-3-2-6-13-9-11/h2-3,6,9,12H,4-5,7-8,10H2,1H3. The Balaban J connectivity index is 1.75. The van der Waals surface area contributed by atoms with Crippen LogP contribution in [0.1, 0.15) is 12.0 Å². The fourth-order valence-electron chi connectivity index (χ4n) is 2.03. The number of likely N-dealkylation sites (tertiary alicyclic amines) is 1. The Morgan fingerprint density at radius 2 is 2.53 bits per heavy atom. The topological polar surface area (TPSA) is 25.4 Å². The van der Waals surface area contributed by atoms with Crippen LogP contribution in [0.2, 0.25) is 0 Å². The van der Waals surface area contributed by atoms with Crippen molar-refractivity contribution in [3.8, 4) is 0 Å². The van der Waals surface area contributed by atoms with Crippen LogP contribution in [0.15, 0.2) is 24.5 Å². The lowest BCUT2D eigenvalue weighted by Gasteiger charge is -2.15. The van der Waals surface area contributed by atoms with Gasteiger partial charge >= 0.3 is 0 Å². The van der Waals surface area contributed by atoms with Gasteiger partial charge in [0, 0.05) is 39.1 Å². The van der Waals surface area contributed by atoms with E-state index in [-0.39, 0.29) is 0 Å². The van der Waals surface area contributed by atoms with Crippen molar-refractivity contribution in [1.29, 1.82) is 0 Å². The summed E-state index contributed by atoms with van der Waals surface area (Å²) in [5.41, 5.74) is 1.32. The Hall–Kier alpha value is -0.930. The van der Waals surface area contributed by atoms with E-state index in [2.05, 4.69) is 16.0 Å². The Morgan fingerprint density at radius 3 is 3.20 bits per heavy atom. The second-order valence-electron chi connectivity index (χ2n) is 4.06. The fraction of sp³-hybridized carbons (Fsp3) is 0.583. The van der Waals surface area contributed by atoms with Crippen molar-refractivity contribution in [3.63, 3.8) is 0 Å². The largest absolute Gasteiger partial charge is 0.380 e. The number of ether oxygens (including phenoxy) is 1. The first-order valence-corrected chi connectivity index (χ1v) is 5.52. The molecular formula is C12H18N2O. The van der Waals surface area contributed by atoms with E-state index in [1.807, 2.05) is 18.5 Å². The van der Waals surface area contributed by atoms with Crippen molar-refractivity contribution in [2.75, 3.05) is 26.7 Å². The molecule has 0 aliphatic carbocycles. The first-order chi connectivity index (χ1) is 7.38. The molecule has 2 heterocycles. The van der Waals surface area contributed by atoms with Gasteiger partial charge in [0.1, 0.15) is 0 Å². The second-order valence-corrected chi connectivity index (χ2v) is 4.06. The van der Waals surface area contributed by atoms with Gasteiger partial charge in [0.2, 0.25) is 0 Å². The van der Waals surface area contributed by atoms with Crippen molar-refractivity contribution < 1.29 is 4.74 Å². The molecular weight excluding hydrogens is 188 g/mol. The highest BCUT2D eigenvalue weighted by Gasteiger charge is 2.21. The van der Waals surface area contributed by atoms with Crippen LogP contribution in [-0.2, 0) is 11.2 Å². The van der Waals surface area contributed by atoms with E-state index < -0.39 is 0 Å². The normalized spacial score (nSPS) is 22.1. The molecule has 1 saturated heterocycles. The van der Waals surface area contributed by atoms with Crippen molar-refractivity contribution >= 4 is 0 Å². The van der Waals surface area contributed by atoms with Crippen molar-refractivity contribution in [1.82, 2.24) is 9.88 Å². The van der Waals surface area contributed by atoms with Crippen LogP contribution in [-0.4, -0.2) is 42.7 Å². The molecule has 3 nitrogen and oxygen atoms in total. The first-order valence-electron chi connectivity index (χ1n) is 5.52. The van der Waals surface area contributed by atoms with Crippen LogP contribution in [0.5, 0.6) is 0 Å². The molecule has 1 aliphatic rings. The molecule has 1 unspecified atom stereocenters. The summed E-state index contributed by atoms with van der Waals surface area (Å²) >= 11 is 0. The van der Waals surface area contributed by atoms with Crippen molar-refractivity contribution in [2.45, 2.75) is 18.9 Å². The third-order valence-electron chi connectivity index (χ3n) is 3.00. The van der Waals surface area contributed by atoms with E-state index in [0.29, 0.717) is 6.10 Å². The van der Waals surface area contributed by atoms with Gasteiger partial charge in [0.05, 0.1) is 6.10 Å². The lowest BCUT2D eigenvalue weighted by atomic mass is 10.2. The van der Waals surface area contributed by atoms with E-state index in [1.54, 1.807) is 7.11 Å². The average Bonchev–Trinajstić information content (AvgIpc) is 2.76. The number of aromatic nitrogens is 1. The van der Waals surface area contributed by atoms with Crippen LogP contribution >= 0.6 is 0 Å². The van der Waals surface area contributed by atoms with E-state index in [4.69, 9.17) is 4.74 Å². The van der Waals surface area contributed by atoms with Gasteiger partial charge in [-0.15, -0.1) is 0 Å². The minimum atomic E-state index is 0.443. The molecule has 3 heteroatoms. The molecule has 0 aromatic carbocycles. The van der Waals surface area contributed by atoms with Crippen LogP contribution in [0, 0.1) is 0 Å². The fourth-order valence-corrected chi connectivity index (χ4v) is 2.03. The van der Waals surface area contributed by atoms with Gasteiger partial charge in [0.25, 0.3) is 0 Å². The minimum absolute atomic E-state index is 0.443. The molecule has 82 valence electrons. The van der Waals surface area contributed by atoms with Gasteiger partial charge in [-0.05, 0) is 24.5 Å². The Kier molecular flexibility index (Phi) is 3.69. The summed E-state index contributed by atoms with van der Waals surface area (Å²) < 4.78 is 5.34. The average molecular weight is 206 g/mol. The third kappa shape index (κ3) is 3.01. The number of hydrogen-bond acceptors (Lipinski definition) is 3. The predicted octanol–water partition coefficient (Wildman–Crippen LogP) is 1.34. The van der Waals surface area contributed by atoms with E-state index in [0.717, 1.165) is 19.5 Å². The lowest BCUT2D eigenvalue weighted by Crippen LogP contribution is -2.25. The summed E-state index contributed by atoms with van der Waals surface area (Å²) in [6, 6.07) is 4.13. The van der Waals surface area contributed by atoms with Gasteiger partial charge in [-0.2, -0.15) is 0 Å².